The summed E-state index contributed by atoms with van der Waals surface area (Å²) in [4.78, 5) is 13.7. The zero-order valence-electron chi connectivity index (χ0n) is 12.3. The van der Waals surface area contributed by atoms with Crippen LogP contribution in [-0.2, 0) is 0 Å². The number of benzene rings is 1. The number of ether oxygens (including phenoxy) is 1. The average Bonchev–Trinajstić information content (AvgIpc) is 3.26. The standard InChI is InChI=1S/C16H17FN2O3/c1-19(8-9-21-13-6-4-12(17)5-7-13)16(20)14-10-15(22-18-14)11-2-3-11/h4-7,10-11H,2-3,8-9H2,1H3. The Morgan fingerprint density at radius 1 is 1.41 bits per heavy atom. The monoisotopic (exact) mass is 304 g/mol. The van der Waals surface area contributed by atoms with Crippen LogP contribution in [0.1, 0.15) is 35.0 Å². The molecule has 0 spiro atoms. The number of rotatable bonds is 6. The molecule has 0 bridgehead atoms. The number of hydrogen-bond donors (Lipinski definition) is 0. The largest absolute Gasteiger partial charge is 0.492 e. The van der Waals surface area contributed by atoms with Crippen LogP contribution in [0.25, 0.3) is 0 Å². The second kappa shape index (κ2) is 6.17. The van der Waals surface area contributed by atoms with Crippen molar-refractivity contribution >= 4 is 5.91 Å². The van der Waals surface area contributed by atoms with Crippen LogP contribution in [0.3, 0.4) is 0 Å². The van der Waals surface area contributed by atoms with Gasteiger partial charge in [0.25, 0.3) is 5.91 Å². The molecule has 0 N–H and O–H groups in total. The van der Waals surface area contributed by atoms with Crippen LogP contribution in [0.2, 0.25) is 0 Å². The molecule has 1 amide bonds. The molecule has 0 aliphatic heterocycles. The molecule has 6 heteroatoms. The highest BCUT2D eigenvalue weighted by molar-refractivity contribution is 5.92. The Balaban J connectivity index is 1.49. The highest BCUT2D eigenvalue weighted by Crippen LogP contribution is 2.40. The Kier molecular flexibility index (Phi) is 4.09. The minimum atomic E-state index is -0.308. The summed E-state index contributed by atoms with van der Waals surface area (Å²) >= 11 is 0. The summed E-state index contributed by atoms with van der Waals surface area (Å²) in [6.45, 7) is 0.725. The molecule has 22 heavy (non-hydrogen) atoms. The molecule has 5 nitrogen and oxygen atoms in total. The quantitative estimate of drug-likeness (QED) is 0.823. The van der Waals surface area contributed by atoms with Gasteiger partial charge in [-0.15, -0.1) is 0 Å². The number of amides is 1. The van der Waals surface area contributed by atoms with Gasteiger partial charge < -0.3 is 14.2 Å². The predicted molar refractivity (Wildman–Crippen MR) is 77.3 cm³/mol. The predicted octanol–water partition coefficient (Wildman–Crippen LogP) is 2.84. The molecule has 116 valence electrons. The Morgan fingerprint density at radius 3 is 2.82 bits per heavy atom. The number of likely N-dealkylation sites (N-methyl/N-ethyl adjacent to an activating group) is 1. The van der Waals surface area contributed by atoms with Crippen molar-refractivity contribution in [1.29, 1.82) is 0 Å². The molecule has 2 aromatic rings. The molecule has 1 saturated carbocycles. The Morgan fingerprint density at radius 2 is 2.14 bits per heavy atom. The zero-order valence-corrected chi connectivity index (χ0v) is 12.3. The van der Waals surface area contributed by atoms with Crippen molar-refractivity contribution in [2.75, 3.05) is 20.2 Å². The van der Waals surface area contributed by atoms with Crippen molar-refractivity contribution in [1.82, 2.24) is 10.1 Å². The highest BCUT2D eigenvalue weighted by Gasteiger charge is 2.29. The average molecular weight is 304 g/mol. The Hall–Kier alpha value is -2.37. The molecule has 1 aromatic heterocycles. The number of halogens is 1. The lowest BCUT2D eigenvalue weighted by Crippen LogP contribution is -2.31. The summed E-state index contributed by atoms with van der Waals surface area (Å²) in [5.74, 6) is 1.29. The van der Waals surface area contributed by atoms with E-state index < -0.39 is 0 Å². The normalized spacial score (nSPS) is 13.9. The van der Waals surface area contributed by atoms with E-state index in [1.807, 2.05) is 0 Å². The summed E-state index contributed by atoms with van der Waals surface area (Å²) in [7, 11) is 1.68. The van der Waals surface area contributed by atoms with E-state index in [9.17, 15) is 9.18 Å². The van der Waals surface area contributed by atoms with Crippen molar-refractivity contribution in [3.8, 4) is 5.75 Å². The zero-order chi connectivity index (χ0) is 15.5. The van der Waals surface area contributed by atoms with Gasteiger partial charge in [-0.05, 0) is 37.1 Å². The molecule has 3 rings (SSSR count). The van der Waals surface area contributed by atoms with Crippen LogP contribution in [0.15, 0.2) is 34.9 Å². The van der Waals surface area contributed by atoms with E-state index in [2.05, 4.69) is 5.16 Å². The van der Waals surface area contributed by atoms with Crippen molar-refractivity contribution in [2.24, 2.45) is 0 Å². The van der Waals surface area contributed by atoms with Gasteiger partial charge in [0.15, 0.2) is 5.69 Å². The molecule has 1 aliphatic carbocycles. The first-order valence-electron chi connectivity index (χ1n) is 7.24. The van der Waals surface area contributed by atoms with Gasteiger partial charge in [-0.25, -0.2) is 4.39 Å². The minimum Gasteiger partial charge on any atom is -0.492 e. The van der Waals surface area contributed by atoms with Gasteiger partial charge in [0, 0.05) is 19.0 Å². The molecule has 0 saturated heterocycles. The SMILES string of the molecule is CN(CCOc1ccc(F)cc1)C(=O)c1cc(C2CC2)on1. The van der Waals surface area contributed by atoms with Gasteiger partial charge in [0.05, 0.1) is 6.54 Å². The first-order valence-corrected chi connectivity index (χ1v) is 7.24. The molecule has 1 heterocycles. The summed E-state index contributed by atoms with van der Waals surface area (Å²) in [6, 6.07) is 7.49. The third-order valence-electron chi connectivity index (χ3n) is 3.58. The maximum atomic E-state index is 12.8. The third kappa shape index (κ3) is 3.44. The molecule has 0 radical (unpaired) electrons. The van der Waals surface area contributed by atoms with Gasteiger partial charge in [0.1, 0.15) is 23.9 Å². The van der Waals surface area contributed by atoms with Crippen molar-refractivity contribution < 1.29 is 18.4 Å². The summed E-state index contributed by atoms with van der Waals surface area (Å²) in [6.07, 6.45) is 2.20. The second-order valence-corrected chi connectivity index (χ2v) is 5.42. The van der Waals surface area contributed by atoms with Crippen molar-refractivity contribution in [3.05, 3.63) is 47.6 Å². The van der Waals surface area contributed by atoms with Crippen molar-refractivity contribution in [3.63, 3.8) is 0 Å². The van der Waals surface area contributed by atoms with Crippen molar-refractivity contribution in [2.45, 2.75) is 18.8 Å². The fraction of sp³-hybridized carbons (Fsp3) is 0.375. The fourth-order valence-corrected chi connectivity index (χ4v) is 2.08. The minimum absolute atomic E-state index is 0.196. The molecule has 0 unspecified atom stereocenters. The molecular weight excluding hydrogens is 287 g/mol. The van der Waals surface area contributed by atoms with Gasteiger partial charge in [0.2, 0.25) is 0 Å². The molecule has 0 atom stereocenters. The molecular formula is C16H17FN2O3. The topological polar surface area (TPSA) is 55.6 Å². The maximum Gasteiger partial charge on any atom is 0.275 e. The Bertz CT molecular complexity index is 650. The number of carbonyl (C=O) groups excluding carboxylic acids is 1. The maximum absolute atomic E-state index is 12.8. The van der Waals surface area contributed by atoms with E-state index >= 15 is 0 Å². The van der Waals surface area contributed by atoms with Crippen LogP contribution in [-0.4, -0.2) is 36.2 Å². The van der Waals surface area contributed by atoms with Gasteiger partial charge >= 0.3 is 0 Å². The smallest absolute Gasteiger partial charge is 0.275 e. The lowest BCUT2D eigenvalue weighted by Gasteiger charge is -2.15. The van der Waals surface area contributed by atoms with E-state index in [-0.39, 0.29) is 11.7 Å². The number of nitrogens with zero attached hydrogens (tertiary/aromatic N) is 2. The van der Waals surface area contributed by atoms with Gasteiger partial charge in [-0.3, -0.25) is 4.79 Å². The summed E-state index contributed by atoms with van der Waals surface area (Å²) in [5, 5.41) is 3.83. The number of carbonyl (C=O) groups is 1. The first-order chi connectivity index (χ1) is 10.6. The second-order valence-electron chi connectivity index (χ2n) is 5.42. The third-order valence-corrected chi connectivity index (χ3v) is 3.58. The van der Waals surface area contributed by atoms with Crippen LogP contribution in [0, 0.1) is 5.82 Å². The fourth-order valence-electron chi connectivity index (χ4n) is 2.08. The first kappa shape index (κ1) is 14.6. The Labute approximate surface area is 127 Å². The molecule has 1 aliphatic rings. The lowest BCUT2D eigenvalue weighted by atomic mass is 10.2. The van der Waals surface area contributed by atoms with Gasteiger partial charge in [-0.1, -0.05) is 5.16 Å². The highest BCUT2D eigenvalue weighted by atomic mass is 19.1. The van der Waals surface area contributed by atoms with E-state index in [0.29, 0.717) is 30.5 Å². The summed E-state index contributed by atoms with van der Waals surface area (Å²) < 4.78 is 23.4. The van der Waals surface area contributed by atoms with Crippen LogP contribution >= 0.6 is 0 Å². The van der Waals surface area contributed by atoms with Gasteiger partial charge in [-0.2, -0.15) is 0 Å². The van der Waals surface area contributed by atoms with Crippen LogP contribution in [0.5, 0.6) is 5.75 Å². The summed E-state index contributed by atoms with van der Waals surface area (Å²) in [5.41, 5.74) is 0.325. The van der Waals surface area contributed by atoms with E-state index in [1.54, 1.807) is 25.2 Å². The lowest BCUT2D eigenvalue weighted by molar-refractivity contribution is 0.0763. The van der Waals surface area contributed by atoms with E-state index in [1.165, 1.54) is 17.0 Å². The van der Waals surface area contributed by atoms with Crippen LogP contribution < -0.4 is 4.74 Å². The van der Waals surface area contributed by atoms with E-state index in [0.717, 1.165) is 18.6 Å². The van der Waals surface area contributed by atoms with E-state index in [4.69, 9.17) is 9.26 Å². The number of aromatic nitrogens is 1. The van der Waals surface area contributed by atoms with Crippen LogP contribution in [0.4, 0.5) is 4.39 Å². The number of hydrogen-bond acceptors (Lipinski definition) is 4. The molecule has 1 fully saturated rings. The molecule has 1 aromatic carbocycles.